The number of fused-ring (bicyclic) bond motifs is 1. The Balaban J connectivity index is 1.35. The van der Waals surface area contributed by atoms with Crippen LogP contribution < -0.4 is 20.3 Å². The number of carbonyl (C=O) groups is 1. The predicted molar refractivity (Wildman–Crippen MR) is 192 cm³/mol. The summed E-state index contributed by atoms with van der Waals surface area (Å²) < 4.78 is 5.84. The van der Waals surface area contributed by atoms with Gasteiger partial charge in [0.15, 0.2) is 0 Å². The number of aliphatic hydroxyl groups is 1. The van der Waals surface area contributed by atoms with Gasteiger partial charge in [-0.25, -0.2) is 15.0 Å². The Labute approximate surface area is 280 Å². The number of aromatic amines is 1. The van der Waals surface area contributed by atoms with E-state index in [-0.39, 0.29) is 12.5 Å². The summed E-state index contributed by atoms with van der Waals surface area (Å²) in [6.45, 7) is 5.42. The predicted octanol–water partition coefficient (Wildman–Crippen LogP) is 6.02. The molecule has 2 aromatic heterocycles. The Morgan fingerprint density at radius 1 is 1.08 bits per heavy atom. The van der Waals surface area contributed by atoms with Crippen molar-refractivity contribution < 1.29 is 14.6 Å². The third-order valence-corrected chi connectivity index (χ3v) is 8.80. The molecule has 248 valence electrons. The van der Waals surface area contributed by atoms with Gasteiger partial charge in [0.25, 0.3) is 0 Å². The summed E-state index contributed by atoms with van der Waals surface area (Å²) in [5.41, 5.74) is 5.26. The molecule has 1 saturated heterocycles. The molecule has 0 unspecified atom stereocenters. The molecular weight excluding hydrogens is 604 g/mol. The fourth-order valence-corrected chi connectivity index (χ4v) is 6.20. The first-order valence-corrected chi connectivity index (χ1v) is 16.2. The maximum absolute atomic E-state index is 12.5. The van der Waals surface area contributed by atoms with Crippen LogP contribution >= 0.6 is 0 Å². The van der Waals surface area contributed by atoms with E-state index in [0.717, 1.165) is 65.2 Å². The molecule has 6 rings (SSSR count). The average Bonchev–Trinajstić information content (AvgIpc) is 3.55. The van der Waals surface area contributed by atoms with Gasteiger partial charge in [-0.05, 0) is 68.4 Å². The highest BCUT2D eigenvalue weighted by molar-refractivity contribution is 6.02. The number of anilines is 4. The Morgan fingerprint density at radius 3 is 2.60 bits per heavy atom. The summed E-state index contributed by atoms with van der Waals surface area (Å²) >= 11 is 0. The van der Waals surface area contributed by atoms with Gasteiger partial charge >= 0.3 is 0 Å². The lowest BCUT2D eigenvalue weighted by molar-refractivity contribution is -0.111. The maximum atomic E-state index is 12.5. The van der Waals surface area contributed by atoms with Crippen LogP contribution in [0.3, 0.4) is 0 Å². The van der Waals surface area contributed by atoms with Gasteiger partial charge in [0.1, 0.15) is 11.6 Å². The zero-order valence-electron chi connectivity index (χ0n) is 27.7. The highest BCUT2D eigenvalue weighted by Crippen LogP contribution is 2.40. The van der Waals surface area contributed by atoms with Crippen molar-refractivity contribution >= 4 is 39.7 Å². The number of H-pyrrole nitrogens is 1. The van der Waals surface area contributed by atoms with E-state index in [1.165, 1.54) is 6.08 Å². The van der Waals surface area contributed by atoms with Crippen LogP contribution in [0, 0.1) is 0 Å². The lowest BCUT2D eigenvalue weighted by atomic mass is 10.0. The minimum atomic E-state index is -0.300. The second-order valence-corrected chi connectivity index (χ2v) is 12.1. The number of piperidine rings is 1. The van der Waals surface area contributed by atoms with Gasteiger partial charge in [0.05, 0.1) is 41.3 Å². The summed E-state index contributed by atoms with van der Waals surface area (Å²) in [7, 11) is 5.85. The number of aryl methyl sites for hydroxylation is 1. The molecular formula is C37H42N8O3. The van der Waals surface area contributed by atoms with Gasteiger partial charge in [0, 0.05) is 50.0 Å². The Hall–Kier alpha value is -5.26. The molecule has 0 aliphatic carbocycles. The first-order valence-electron chi connectivity index (χ1n) is 16.2. The average molecular weight is 647 g/mol. The van der Waals surface area contributed by atoms with E-state index in [9.17, 15) is 9.90 Å². The van der Waals surface area contributed by atoms with Gasteiger partial charge in [-0.15, -0.1) is 0 Å². The standard InChI is InChI=1S/C37H42N8O3/c1-5-34(47)39-29-22-30(32(48-4)23-31(29)45-18-15-27(16-19-45)44(2)3)41-37-38-17-14-28(40-37)36-35(42-33(43-36)11-8-20-46)26-13-12-24-9-6-7-10-25(24)21-26/h5-7,9-10,12-14,17,21-23,27,46H,1,8,11,15-16,18-20H2,2-4H3,(H,39,47)(H,42,43)(H,38,40,41). The number of benzene rings is 3. The van der Waals surface area contributed by atoms with Crippen molar-refractivity contribution in [1.82, 2.24) is 24.8 Å². The van der Waals surface area contributed by atoms with Gasteiger partial charge in [-0.3, -0.25) is 4.79 Å². The monoisotopic (exact) mass is 646 g/mol. The number of imidazole rings is 1. The van der Waals surface area contributed by atoms with Gasteiger partial charge in [-0.1, -0.05) is 43.0 Å². The number of hydrogen-bond acceptors (Lipinski definition) is 9. The minimum Gasteiger partial charge on any atom is -0.494 e. The third-order valence-electron chi connectivity index (χ3n) is 8.80. The van der Waals surface area contributed by atoms with E-state index in [0.29, 0.717) is 47.7 Å². The molecule has 4 N–H and O–H groups in total. The Morgan fingerprint density at radius 2 is 1.88 bits per heavy atom. The highest BCUT2D eigenvalue weighted by Gasteiger charge is 2.25. The second-order valence-electron chi connectivity index (χ2n) is 12.1. The van der Waals surface area contributed by atoms with E-state index >= 15 is 0 Å². The van der Waals surface area contributed by atoms with E-state index < -0.39 is 0 Å². The van der Waals surface area contributed by atoms with Crippen molar-refractivity contribution in [3.63, 3.8) is 0 Å². The third kappa shape index (κ3) is 7.17. The smallest absolute Gasteiger partial charge is 0.247 e. The molecule has 1 amide bonds. The molecule has 3 aromatic carbocycles. The molecule has 0 bridgehead atoms. The molecule has 1 aliphatic heterocycles. The van der Waals surface area contributed by atoms with Crippen LogP contribution in [-0.2, 0) is 11.2 Å². The Bertz CT molecular complexity index is 1910. The van der Waals surface area contributed by atoms with Crippen molar-refractivity contribution in [3.8, 4) is 28.4 Å². The summed E-state index contributed by atoms with van der Waals surface area (Å²) in [6, 6.07) is 20.6. The fraction of sp³-hybridized carbons (Fsp3) is 0.297. The topological polar surface area (TPSA) is 132 Å². The van der Waals surface area contributed by atoms with Crippen molar-refractivity contribution in [3.05, 3.63) is 85.3 Å². The number of nitrogens with one attached hydrogen (secondary N) is 3. The van der Waals surface area contributed by atoms with E-state index in [1.54, 1.807) is 13.3 Å². The van der Waals surface area contributed by atoms with Crippen molar-refractivity contribution in [2.75, 3.05) is 56.4 Å². The van der Waals surface area contributed by atoms with E-state index in [2.05, 4.69) is 81.4 Å². The zero-order chi connectivity index (χ0) is 33.6. The molecule has 0 radical (unpaired) electrons. The van der Waals surface area contributed by atoms with E-state index in [1.807, 2.05) is 30.3 Å². The van der Waals surface area contributed by atoms with Crippen LogP contribution in [0.1, 0.15) is 25.1 Å². The van der Waals surface area contributed by atoms with Gasteiger partial charge in [-0.2, -0.15) is 0 Å². The number of amides is 1. The van der Waals surface area contributed by atoms with Crippen molar-refractivity contribution in [2.24, 2.45) is 0 Å². The lowest BCUT2D eigenvalue weighted by Crippen LogP contribution is -2.42. The first kappa shape index (κ1) is 32.7. The normalized spacial score (nSPS) is 13.6. The van der Waals surface area contributed by atoms with Crippen LogP contribution in [-0.4, -0.2) is 82.8 Å². The molecule has 1 fully saturated rings. The largest absolute Gasteiger partial charge is 0.494 e. The molecule has 5 aromatic rings. The molecule has 11 heteroatoms. The molecule has 3 heterocycles. The quantitative estimate of drug-likeness (QED) is 0.120. The van der Waals surface area contributed by atoms with Gasteiger partial charge < -0.3 is 35.3 Å². The number of hydrogen-bond donors (Lipinski definition) is 4. The van der Waals surface area contributed by atoms with Crippen molar-refractivity contribution in [2.45, 2.75) is 31.7 Å². The van der Waals surface area contributed by atoms with Gasteiger partial charge in [0.2, 0.25) is 11.9 Å². The number of rotatable bonds is 12. The molecule has 0 atom stereocenters. The number of methoxy groups -OCH3 is 1. The number of aliphatic hydroxyl groups excluding tert-OH is 1. The number of nitrogens with zero attached hydrogens (tertiary/aromatic N) is 5. The van der Waals surface area contributed by atoms with E-state index in [4.69, 9.17) is 14.7 Å². The van der Waals surface area contributed by atoms with Crippen LogP contribution in [0.15, 0.2) is 79.5 Å². The summed E-state index contributed by atoms with van der Waals surface area (Å²) in [4.78, 5) is 34.9. The number of ether oxygens (including phenoxy) is 1. The van der Waals surface area contributed by atoms with Crippen LogP contribution in [0.2, 0.25) is 0 Å². The molecule has 1 aliphatic rings. The number of aromatic nitrogens is 4. The highest BCUT2D eigenvalue weighted by atomic mass is 16.5. The second kappa shape index (κ2) is 14.7. The molecule has 48 heavy (non-hydrogen) atoms. The first-order chi connectivity index (χ1) is 23.4. The SMILES string of the molecule is C=CC(=O)Nc1cc(Nc2nccc(-c3[nH]c(CCCO)nc3-c3ccc4ccccc4c3)n2)c(OC)cc1N1CCC(N(C)C)CC1. The number of carbonyl (C=O) groups excluding carboxylic acids is 1. The molecule has 0 saturated carbocycles. The maximum Gasteiger partial charge on any atom is 0.247 e. The summed E-state index contributed by atoms with van der Waals surface area (Å²) in [5.74, 6) is 1.41. The molecule has 11 nitrogen and oxygen atoms in total. The lowest BCUT2D eigenvalue weighted by Gasteiger charge is -2.37. The zero-order valence-corrected chi connectivity index (χ0v) is 27.7. The molecule has 0 spiro atoms. The van der Waals surface area contributed by atoms with Crippen LogP contribution in [0.4, 0.5) is 23.0 Å². The van der Waals surface area contributed by atoms with Crippen LogP contribution in [0.5, 0.6) is 5.75 Å². The van der Waals surface area contributed by atoms with Crippen LogP contribution in [0.25, 0.3) is 33.4 Å². The van der Waals surface area contributed by atoms with Crippen molar-refractivity contribution in [1.29, 1.82) is 0 Å². The Kier molecular flexibility index (Phi) is 9.98. The minimum absolute atomic E-state index is 0.0765. The summed E-state index contributed by atoms with van der Waals surface area (Å²) in [5, 5.41) is 18.0. The summed E-state index contributed by atoms with van der Waals surface area (Å²) in [6.07, 6.45) is 6.18. The fourth-order valence-electron chi connectivity index (χ4n) is 6.20.